The fourth-order valence-corrected chi connectivity index (χ4v) is 3.41. The maximum atomic E-state index is 12.3. The zero-order valence-electron chi connectivity index (χ0n) is 15.8. The first kappa shape index (κ1) is 20.9. The molecule has 1 N–H and O–H groups in total. The second-order valence-corrected chi connectivity index (χ2v) is 8.62. The van der Waals surface area contributed by atoms with Gasteiger partial charge in [0.1, 0.15) is 6.54 Å². The number of carbonyl (C=O) groups is 1. The van der Waals surface area contributed by atoms with E-state index in [-0.39, 0.29) is 11.4 Å². The lowest BCUT2D eigenvalue weighted by atomic mass is 10.1. The van der Waals surface area contributed by atoms with E-state index in [9.17, 15) is 18.0 Å². The lowest BCUT2D eigenvalue weighted by Crippen LogP contribution is -2.29. The van der Waals surface area contributed by atoms with Crippen LogP contribution in [0, 0.1) is 0 Å². The van der Waals surface area contributed by atoms with Crippen molar-refractivity contribution in [2.45, 2.75) is 37.6 Å². The zero-order chi connectivity index (χ0) is 20.0. The number of carbonyl (C=O) groups excluding carboxylic acids is 1. The monoisotopic (exact) mass is 391 g/mol. The molecule has 0 saturated carbocycles. The second-order valence-electron chi connectivity index (χ2n) is 6.47. The number of aromatic nitrogens is 1. The van der Waals surface area contributed by atoms with E-state index in [0.717, 1.165) is 34.2 Å². The van der Waals surface area contributed by atoms with Crippen LogP contribution >= 0.6 is 0 Å². The summed E-state index contributed by atoms with van der Waals surface area (Å²) < 4.78 is 26.5. The molecule has 0 atom stereocenters. The molecule has 0 spiro atoms. The number of nitrogens with one attached hydrogen (secondary N) is 1. The number of anilines is 1. The van der Waals surface area contributed by atoms with Crippen molar-refractivity contribution in [2.24, 2.45) is 0 Å². The van der Waals surface area contributed by atoms with Crippen LogP contribution in [0.3, 0.4) is 0 Å². The minimum Gasteiger partial charge on any atom is -0.325 e. The van der Waals surface area contributed by atoms with Gasteiger partial charge in [0.25, 0.3) is 5.56 Å². The van der Waals surface area contributed by atoms with Crippen molar-refractivity contribution >= 4 is 21.6 Å². The minimum atomic E-state index is -3.68. The average molecular weight is 391 g/mol. The fraction of sp³-hybridized carbons (Fsp3) is 0.368. The number of unbranched alkanes of at least 4 members (excludes halogenated alkanes) is 1. The van der Waals surface area contributed by atoms with E-state index in [4.69, 9.17) is 0 Å². The Bertz CT molecular complexity index is 948. The number of aryl methyl sites for hydroxylation is 1. The molecular weight excluding hydrogens is 366 g/mol. The van der Waals surface area contributed by atoms with E-state index in [1.165, 1.54) is 31.9 Å². The summed E-state index contributed by atoms with van der Waals surface area (Å²) in [7, 11) is -0.873. The van der Waals surface area contributed by atoms with Gasteiger partial charge in [0.05, 0.1) is 4.90 Å². The van der Waals surface area contributed by atoms with Gasteiger partial charge in [0.2, 0.25) is 15.9 Å². The highest BCUT2D eigenvalue weighted by atomic mass is 32.2. The van der Waals surface area contributed by atoms with Gasteiger partial charge in [-0.15, -0.1) is 0 Å². The first-order valence-corrected chi connectivity index (χ1v) is 10.2. The van der Waals surface area contributed by atoms with E-state index in [2.05, 4.69) is 12.2 Å². The normalized spacial score (nSPS) is 11.6. The van der Waals surface area contributed by atoms with Gasteiger partial charge in [0, 0.05) is 32.0 Å². The van der Waals surface area contributed by atoms with Gasteiger partial charge in [-0.3, -0.25) is 9.59 Å². The SMILES string of the molecule is CCCCc1ccc(NC(=O)Cn2cc(S(=O)(=O)N(C)C)ccc2=O)cc1. The Kier molecular flexibility index (Phi) is 6.92. The van der Waals surface area contributed by atoms with E-state index in [0.29, 0.717) is 5.69 Å². The molecule has 8 heteroatoms. The Morgan fingerprint density at radius 2 is 1.78 bits per heavy atom. The van der Waals surface area contributed by atoms with Gasteiger partial charge in [0.15, 0.2) is 0 Å². The standard InChI is InChI=1S/C19H25N3O4S/c1-4-5-6-15-7-9-16(10-8-15)20-18(23)14-22-13-17(11-12-19(22)24)27(25,26)21(2)3/h7-13H,4-6,14H2,1-3H3,(H,20,23). The first-order valence-electron chi connectivity index (χ1n) is 8.76. The van der Waals surface area contributed by atoms with Gasteiger partial charge in [-0.2, -0.15) is 0 Å². The number of nitrogens with zero attached hydrogens (tertiary/aromatic N) is 2. The summed E-state index contributed by atoms with van der Waals surface area (Å²) in [6, 6.07) is 9.94. The predicted molar refractivity (Wildman–Crippen MR) is 105 cm³/mol. The zero-order valence-corrected chi connectivity index (χ0v) is 16.6. The Hall–Kier alpha value is -2.45. The molecule has 1 heterocycles. The van der Waals surface area contributed by atoms with Crippen molar-refractivity contribution < 1.29 is 13.2 Å². The van der Waals surface area contributed by atoms with Crippen LogP contribution in [0.4, 0.5) is 5.69 Å². The summed E-state index contributed by atoms with van der Waals surface area (Å²) in [4.78, 5) is 24.2. The Labute approximate surface area is 159 Å². The van der Waals surface area contributed by atoms with Gasteiger partial charge in [-0.1, -0.05) is 25.5 Å². The van der Waals surface area contributed by atoms with E-state index >= 15 is 0 Å². The van der Waals surface area contributed by atoms with Gasteiger partial charge < -0.3 is 9.88 Å². The largest absolute Gasteiger partial charge is 0.325 e. The summed E-state index contributed by atoms with van der Waals surface area (Å²) in [6.07, 6.45) is 4.41. The maximum Gasteiger partial charge on any atom is 0.251 e. The third kappa shape index (κ3) is 5.51. The quantitative estimate of drug-likeness (QED) is 0.746. The molecule has 0 unspecified atom stereocenters. The molecule has 2 aromatic rings. The molecule has 0 saturated heterocycles. The van der Waals surface area contributed by atoms with Crippen molar-refractivity contribution in [3.63, 3.8) is 0 Å². The predicted octanol–water partition coefficient (Wildman–Crippen LogP) is 2.08. The van der Waals surface area contributed by atoms with Crippen molar-refractivity contribution in [3.05, 3.63) is 58.5 Å². The molecule has 1 aromatic carbocycles. The molecule has 1 aromatic heterocycles. The van der Waals surface area contributed by atoms with E-state index < -0.39 is 21.5 Å². The van der Waals surface area contributed by atoms with Crippen LogP contribution in [0.25, 0.3) is 0 Å². The molecule has 0 bridgehead atoms. The molecule has 0 fully saturated rings. The third-order valence-electron chi connectivity index (χ3n) is 4.11. The molecule has 1 amide bonds. The summed E-state index contributed by atoms with van der Waals surface area (Å²) in [5, 5.41) is 2.72. The highest BCUT2D eigenvalue weighted by Crippen LogP contribution is 2.13. The van der Waals surface area contributed by atoms with Crippen molar-refractivity contribution in [3.8, 4) is 0 Å². The summed E-state index contributed by atoms with van der Waals surface area (Å²) in [6.45, 7) is 1.86. The van der Waals surface area contributed by atoms with Crippen LogP contribution in [-0.4, -0.2) is 37.3 Å². The van der Waals surface area contributed by atoms with Gasteiger partial charge >= 0.3 is 0 Å². The molecule has 0 aliphatic heterocycles. The van der Waals surface area contributed by atoms with Crippen LogP contribution < -0.4 is 10.9 Å². The van der Waals surface area contributed by atoms with Crippen LogP contribution in [0.2, 0.25) is 0 Å². The Balaban J connectivity index is 2.10. The third-order valence-corrected chi connectivity index (χ3v) is 5.90. The highest BCUT2D eigenvalue weighted by molar-refractivity contribution is 7.89. The molecule has 7 nitrogen and oxygen atoms in total. The van der Waals surface area contributed by atoms with Crippen molar-refractivity contribution in [1.82, 2.24) is 8.87 Å². The van der Waals surface area contributed by atoms with Crippen LogP contribution in [0.1, 0.15) is 25.3 Å². The van der Waals surface area contributed by atoms with Crippen molar-refractivity contribution in [2.75, 3.05) is 19.4 Å². The number of rotatable bonds is 8. The molecule has 146 valence electrons. The second kappa shape index (κ2) is 8.96. The van der Waals surface area contributed by atoms with Gasteiger partial charge in [-0.25, -0.2) is 12.7 Å². The van der Waals surface area contributed by atoms with E-state index in [1.807, 2.05) is 24.3 Å². The number of hydrogen-bond donors (Lipinski definition) is 1. The minimum absolute atomic E-state index is 0.0415. The molecule has 27 heavy (non-hydrogen) atoms. The molecular formula is C19H25N3O4S. The topological polar surface area (TPSA) is 88.5 Å². The maximum absolute atomic E-state index is 12.3. The summed E-state index contributed by atoms with van der Waals surface area (Å²) in [5.41, 5.74) is 1.38. The smallest absolute Gasteiger partial charge is 0.251 e. The Morgan fingerprint density at radius 3 is 2.37 bits per heavy atom. The molecule has 2 rings (SSSR count). The van der Waals surface area contributed by atoms with Crippen LogP contribution in [0.15, 0.2) is 52.3 Å². The van der Waals surface area contributed by atoms with Crippen LogP contribution in [0.5, 0.6) is 0 Å². The lowest BCUT2D eigenvalue weighted by Gasteiger charge is -2.13. The average Bonchev–Trinajstić information content (AvgIpc) is 2.62. The molecule has 0 aliphatic rings. The van der Waals surface area contributed by atoms with Crippen molar-refractivity contribution in [1.29, 1.82) is 0 Å². The first-order chi connectivity index (χ1) is 12.7. The Morgan fingerprint density at radius 1 is 1.11 bits per heavy atom. The highest BCUT2D eigenvalue weighted by Gasteiger charge is 2.18. The number of pyridine rings is 1. The summed E-state index contributed by atoms with van der Waals surface area (Å²) >= 11 is 0. The van der Waals surface area contributed by atoms with Gasteiger partial charge in [-0.05, 0) is 36.6 Å². The summed E-state index contributed by atoms with van der Waals surface area (Å²) in [5.74, 6) is -0.405. The molecule has 0 radical (unpaired) electrons. The number of benzene rings is 1. The fourth-order valence-electron chi connectivity index (χ4n) is 2.49. The number of hydrogen-bond acceptors (Lipinski definition) is 4. The number of sulfonamides is 1. The lowest BCUT2D eigenvalue weighted by molar-refractivity contribution is -0.116. The molecule has 0 aliphatic carbocycles. The number of amides is 1. The van der Waals surface area contributed by atoms with Crippen LogP contribution in [-0.2, 0) is 27.8 Å². The van der Waals surface area contributed by atoms with E-state index in [1.54, 1.807) is 0 Å².